The van der Waals surface area contributed by atoms with E-state index in [2.05, 4.69) is 5.32 Å². The van der Waals surface area contributed by atoms with E-state index in [9.17, 15) is 4.79 Å². The average Bonchev–Trinajstić information content (AvgIpc) is 2.38. The standard InChI is InChI=1S/C13H14N2O2/c14-11(8-16)13(17)15-12-7-3-5-9-4-1-2-6-10(9)12/h1-7,11,16H,8,14H2,(H,15,17). The zero-order valence-corrected chi connectivity index (χ0v) is 9.26. The van der Waals surface area contributed by atoms with Crippen molar-refractivity contribution >= 4 is 22.4 Å². The molecular formula is C13H14N2O2. The Balaban J connectivity index is 2.33. The Kier molecular flexibility index (Phi) is 3.37. The molecule has 4 N–H and O–H groups in total. The van der Waals surface area contributed by atoms with Gasteiger partial charge in [-0.1, -0.05) is 36.4 Å². The number of nitrogens with one attached hydrogen (secondary N) is 1. The molecule has 4 nitrogen and oxygen atoms in total. The van der Waals surface area contributed by atoms with E-state index in [0.717, 1.165) is 10.8 Å². The second kappa shape index (κ2) is 4.95. The third-order valence-corrected chi connectivity index (χ3v) is 2.58. The summed E-state index contributed by atoms with van der Waals surface area (Å²) in [6.07, 6.45) is 0. The molecule has 0 heterocycles. The highest BCUT2D eigenvalue weighted by Gasteiger charge is 2.12. The Labute approximate surface area is 99.1 Å². The van der Waals surface area contributed by atoms with Crippen LogP contribution in [0.5, 0.6) is 0 Å². The van der Waals surface area contributed by atoms with E-state index in [1.807, 2.05) is 42.5 Å². The predicted octanol–water partition coefficient (Wildman–Crippen LogP) is 1.10. The van der Waals surface area contributed by atoms with Crippen LogP contribution in [0.15, 0.2) is 42.5 Å². The smallest absolute Gasteiger partial charge is 0.243 e. The number of fused-ring (bicyclic) bond motifs is 1. The van der Waals surface area contributed by atoms with Crippen LogP contribution in [0.3, 0.4) is 0 Å². The summed E-state index contributed by atoms with van der Waals surface area (Å²) in [5, 5.41) is 13.5. The van der Waals surface area contributed by atoms with Gasteiger partial charge in [0.05, 0.1) is 6.61 Å². The summed E-state index contributed by atoms with van der Waals surface area (Å²) >= 11 is 0. The molecule has 17 heavy (non-hydrogen) atoms. The normalized spacial score (nSPS) is 12.4. The van der Waals surface area contributed by atoms with Gasteiger partial charge in [-0.15, -0.1) is 0 Å². The quantitative estimate of drug-likeness (QED) is 0.739. The van der Waals surface area contributed by atoms with Crippen LogP contribution in [0.1, 0.15) is 0 Å². The first-order valence-corrected chi connectivity index (χ1v) is 5.37. The maximum absolute atomic E-state index is 11.6. The minimum atomic E-state index is -0.894. The van der Waals surface area contributed by atoms with Crippen LogP contribution in [-0.2, 0) is 4.79 Å². The summed E-state index contributed by atoms with van der Waals surface area (Å²) in [6, 6.07) is 12.5. The molecular weight excluding hydrogens is 216 g/mol. The van der Waals surface area contributed by atoms with Gasteiger partial charge in [0, 0.05) is 11.1 Å². The average molecular weight is 230 g/mol. The highest BCUT2D eigenvalue weighted by atomic mass is 16.3. The fourth-order valence-corrected chi connectivity index (χ4v) is 1.64. The van der Waals surface area contributed by atoms with Gasteiger partial charge in [-0.05, 0) is 11.5 Å². The van der Waals surface area contributed by atoms with Crippen molar-refractivity contribution < 1.29 is 9.90 Å². The van der Waals surface area contributed by atoms with Crippen LogP contribution >= 0.6 is 0 Å². The molecule has 88 valence electrons. The van der Waals surface area contributed by atoms with Gasteiger partial charge in [0.1, 0.15) is 6.04 Å². The summed E-state index contributed by atoms with van der Waals surface area (Å²) in [4.78, 5) is 11.6. The van der Waals surface area contributed by atoms with Gasteiger partial charge in [-0.2, -0.15) is 0 Å². The van der Waals surface area contributed by atoms with E-state index in [1.165, 1.54) is 0 Å². The lowest BCUT2D eigenvalue weighted by Gasteiger charge is -2.11. The second-order valence-electron chi connectivity index (χ2n) is 3.81. The Morgan fingerprint density at radius 1 is 1.24 bits per heavy atom. The van der Waals surface area contributed by atoms with Gasteiger partial charge in [-0.3, -0.25) is 4.79 Å². The molecule has 0 aliphatic carbocycles. The fourth-order valence-electron chi connectivity index (χ4n) is 1.64. The molecule has 0 aliphatic heterocycles. The zero-order valence-electron chi connectivity index (χ0n) is 9.26. The molecule has 0 spiro atoms. The molecule has 1 amide bonds. The fraction of sp³-hybridized carbons (Fsp3) is 0.154. The van der Waals surface area contributed by atoms with Gasteiger partial charge < -0.3 is 16.2 Å². The maximum atomic E-state index is 11.6. The summed E-state index contributed by atoms with van der Waals surface area (Å²) in [6.45, 7) is -0.364. The summed E-state index contributed by atoms with van der Waals surface area (Å²) < 4.78 is 0. The summed E-state index contributed by atoms with van der Waals surface area (Å²) in [7, 11) is 0. The van der Waals surface area contributed by atoms with E-state index < -0.39 is 6.04 Å². The first kappa shape index (κ1) is 11.6. The second-order valence-corrected chi connectivity index (χ2v) is 3.81. The lowest BCUT2D eigenvalue weighted by molar-refractivity contribution is -0.118. The highest BCUT2D eigenvalue weighted by Crippen LogP contribution is 2.22. The van der Waals surface area contributed by atoms with Crippen LogP contribution in [0, 0.1) is 0 Å². The molecule has 0 aliphatic rings. The lowest BCUT2D eigenvalue weighted by Crippen LogP contribution is -2.38. The van der Waals surface area contributed by atoms with Crippen molar-refractivity contribution in [3.8, 4) is 0 Å². The van der Waals surface area contributed by atoms with E-state index in [1.54, 1.807) is 0 Å². The van der Waals surface area contributed by atoms with Crippen molar-refractivity contribution in [3.63, 3.8) is 0 Å². The number of hydrogen-bond acceptors (Lipinski definition) is 3. The van der Waals surface area contributed by atoms with Gasteiger partial charge >= 0.3 is 0 Å². The molecule has 4 heteroatoms. The van der Waals surface area contributed by atoms with Crippen molar-refractivity contribution in [2.75, 3.05) is 11.9 Å². The third kappa shape index (κ3) is 2.43. The Morgan fingerprint density at radius 2 is 1.94 bits per heavy atom. The monoisotopic (exact) mass is 230 g/mol. The van der Waals surface area contributed by atoms with Crippen molar-refractivity contribution in [2.24, 2.45) is 5.73 Å². The van der Waals surface area contributed by atoms with Crippen molar-refractivity contribution in [1.29, 1.82) is 0 Å². The van der Waals surface area contributed by atoms with Gasteiger partial charge in [-0.25, -0.2) is 0 Å². The van der Waals surface area contributed by atoms with Crippen LogP contribution in [-0.4, -0.2) is 23.7 Å². The van der Waals surface area contributed by atoms with Crippen molar-refractivity contribution in [2.45, 2.75) is 6.04 Å². The first-order valence-electron chi connectivity index (χ1n) is 5.37. The van der Waals surface area contributed by atoms with Crippen LogP contribution in [0.4, 0.5) is 5.69 Å². The van der Waals surface area contributed by atoms with E-state index in [4.69, 9.17) is 10.8 Å². The molecule has 0 saturated carbocycles. The largest absolute Gasteiger partial charge is 0.394 e. The molecule has 2 aromatic rings. The molecule has 0 saturated heterocycles. The Bertz CT molecular complexity index is 534. The van der Waals surface area contributed by atoms with Gasteiger partial charge in [0.25, 0.3) is 0 Å². The molecule has 2 aromatic carbocycles. The number of aliphatic hydroxyl groups excluding tert-OH is 1. The number of anilines is 1. The number of rotatable bonds is 3. The Hall–Kier alpha value is -1.91. The van der Waals surface area contributed by atoms with Crippen LogP contribution in [0.25, 0.3) is 10.8 Å². The number of carbonyl (C=O) groups excluding carboxylic acids is 1. The number of aliphatic hydroxyl groups is 1. The SMILES string of the molecule is NC(CO)C(=O)Nc1cccc2ccccc12. The summed E-state index contributed by atoms with van der Waals surface area (Å²) in [5.74, 6) is -0.385. The minimum Gasteiger partial charge on any atom is -0.394 e. The topological polar surface area (TPSA) is 75.3 Å². The van der Waals surface area contributed by atoms with Crippen molar-refractivity contribution in [1.82, 2.24) is 0 Å². The van der Waals surface area contributed by atoms with Crippen molar-refractivity contribution in [3.05, 3.63) is 42.5 Å². The third-order valence-electron chi connectivity index (χ3n) is 2.58. The lowest BCUT2D eigenvalue weighted by atomic mass is 10.1. The van der Waals surface area contributed by atoms with Gasteiger partial charge in [0.15, 0.2) is 0 Å². The molecule has 0 fully saturated rings. The number of amides is 1. The maximum Gasteiger partial charge on any atom is 0.243 e. The minimum absolute atomic E-state index is 0.364. The van der Waals surface area contributed by atoms with E-state index in [-0.39, 0.29) is 12.5 Å². The molecule has 0 bridgehead atoms. The van der Waals surface area contributed by atoms with Gasteiger partial charge in [0.2, 0.25) is 5.91 Å². The number of hydrogen-bond donors (Lipinski definition) is 3. The van der Waals surface area contributed by atoms with E-state index >= 15 is 0 Å². The first-order chi connectivity index (χ1) is 8.22. The Morgan fingerprint density at radius 3 is 2.71 bits per heavy atom. The number of carbonyl (C=O) groups is 1. The number of nitrogens with two attached hydrogens (primary N) is 1. The highest BCUT2D eigenvalue weighted by molar-refractivity contribution is 6.03. The molecule has 1 unspecified atom stereocenters. The molecule has 0 radical (unpaired) electrons. The zero-order chi connectivity index (χ0) is 12.3. The van der Waals surface area contributed by atoms with Crippen LogP contribution in [0.2, 0.25) is 0 Å². The number of benzene rings is 2. The molecule has 2 rings (SSSR count). The van der Waals surface area contributed by atoms with Crippen LogP contribution < -0.4 is 11.1 Å². The van der Waals surface area contributed by atoms with E-state index in [0.29, 0.717) is 5.69 Å². The predicted molar refractivity (Wildman–Crippen MR) is 67.6 cm³/mol. The molecule has 0 aromatic heterocycles. The molecule has 1 atom stereocenters. The summed E-state index contributed by atoms with van der Waals surface area (Å²) in [5.41, 5.74) is 6.15.